The molecule has 0 saturated carbocycles. The van der Waals surface area contributed by atoms with Gasteiger partial charge in [-0.25, -0.2) is 4.57 Å². The van der Waals surface area contributed by atoms with Crippen LogP contribution in [0.1, 0.15) is 26.3 Å². The van der Waals surface area contributed by atoms with E-state index < -0.39 is 19.8 Å². The number of halogens is 1. The lowest BCUT2D eigenvalue weighted by molar-refractivity contribution is -0.149. The summed E-state index contributed by atoms with van der Waals surface area (Å²) in [7, 11) is -3.99. The van der Waals surface area contributed by atoms with Gasteiger partial charge in [0.1, 0.15) is 17.5 Å². The Balaban J connectivity index is 2.27. The van der Waals surface area contributed by atoms with Crippen molar-refractivity contribution in [3.8, 4) is 11.5 Å². The molecule has 2 atom stereocenters. The molecular formula is C19H23ClNO5P. The summed E-state index contributed by atoms with van der Waals surface area (Å²) in [6.07, 6.45) is -0.302. The molecule has 0 aliphatic heterocycles. The summed E-state index contributed by atoms with van der Waals surface area (Å²) in [4.78, 5) is 12.1. The molecule has 0 bridgehead atoms. The minimum absolute atomic E-state index is 0.179. The van der Waals surface area contributed by atoms with Gasteiger partial charge in [-0.05, 0) is 57.5 Å². The van der Waals surface area contributed by atoms with Crippen molar-refractivity contribution in [1.82, 2.24) is 5.09 Å². The summed E-state index contributed by atoms with van der Waals surface area (Å²) in [5.74, 6) is -0.0695. The zero-order valence-electron chi connectivity index (χ0n) is 15.6. The average Bonchev–Trinajstić information content (AvgIpc) is 2.57. The molecule has 2 aromatic rings. The standard InChI is InChI=1S/C19H23ClNO5P/c1-13(2)24-19(22)15(4)21-27(23,25-16-8-6-5-7-9-16)26-18-11-10-14(3)12-17(18)20/h5-13,15H,1-4H3,(H,21,23)/t15-,27?/m0/s1. The van der Waals surface area contributed by atoms with Gasteiger partial charge in [-0.15, -0.1) is 0 Å². The smallest absolute Gasteiger partial charge is 0.462 e. The van der Waals surface area contributed by atoms with E-state index in [0.29, 0.717) is 5.75 Å². The number of aryl methyl sites for hydroxylation is 1. The summed E-state index contributed by atoms with van der Waals surface area (Å²) < 4.78 is 29.7. The Kier molecular flexibility index (Phi) is 7.31. The van der Waals surface area contributed by atoms with E-state index in [1.54, 1.807) is 62.4 Å². The van der Waals surface area contributed by atoms with E-state index in [1.165, 1.54) is 6.92 Å². The fourth-order valence-corrected chi connectivity index (χ4v) is 3.99. The number of hydrogen-bond acceptors (Lipinski definition) is 5. The van der Waals surface area contributed by atoms with Crippen molar-refractivity contribution < 1.29 is 23.1 Å². The molecule has 0 radical (unpaired) electrons. The van der Waals surface area contributed by atoms with E-state index in [-0.39, 0.29) is 16.9 Å². The van der Waals surface area contributed by atoms with E-state index >= 15 is 0 Å². The van der Waals surface area contributed by atoms with E-state index in [1.807, 2.05) is 6.92 Å². The molecule has 0 aromatic heterocycles. The van der Waals surface area contributed by atoms with Crippen LogP contribution in [0.3, 0.4) is 0 Å². The molecule has 2 rings (SSSR count). The molecule has 146 valence electrons. The van der Waals surface area contributed by atoms with Gasteiger partial charge in [-0.2, -0.15) is 5.09 Å². The minimum Gasteiger partial charge on any atom is -0.462 e. The lowest BCUT2D eigenvalue weighted by Crippen LogP contribution is -2.36. The maximum absolute atomic E-state index is 13.4. The first kappa shape index (κ1) is 21.3. The van der Waals surface area contributed by atoms with Crippen LogP contribution in [-0.2, 0) is 14.1 Å². The van der Waals surface area contributed by atoms with Crippen LogP contribution in [0.5, 0.6) is 11.5 Å². The highest BCUT2D eigenvalue weighted by atomic mass is 35.5. The van der Waals surface area contributed by atoms with Gasteiger partial charge in [0.05, 0.1) is 11.1 Å². The SMILES string of the molecule is Cc1ccc(OP(=O)(N[C@@H](C)C(=O)OC(C)C)Oc2ccccc2)c(Cl)c1. The molecule has 0 fully saturated rings. The number of hydrogen-bond donors (Lipinski definition) is 1. The Morgan fingerprint density at radius 1 is 1.07 bits per heavy atom. The quantitative estimate of drug-likeness (QED) is 0.478. The molecule has 1 N–H and O–H groups in total. The molecule has 8 heteroatoms. The van der Waals surface area contributed by atoms with Gasteiger partial charge in [-0.1, -0.05) is 35.9 Å². The summed E-state index contributed by atoms with van der Waals surface area (Å²) in [6, 6.07) is 12.6. The van der Waals surface area contributed by atoms with Crippen LogP contribution in [0.15, 0.2) is 48.5 Å². The number of ether oxygens (including phenoxy) is 1. The number of nitrogens with one attached hydrogen (secondary N) is 1. The predicted octanol–water partition coefficient (Wildman–Crippen LogP) is 5.14. The third-order valence-corrected chi connectivity index (χ3v) is 5.22. The van der Waals surface area contributed by atoms with Crippen LogP contribution in [0, 0.1) is 6.92 Å². The second-order valence-electron chi connectivity index (χ2n) is 6.26. The lowest BCUT2D eigenvalue weighted by atomic mass is 10.2. The minimum atomic E-state index is -3.99. The van der Waals surface area contributed by atoms with Gasteiger partial charge < -0.3 is 13.8 Å². The van der Waals surface area contributed by atoms with Gasteiger partial charge in [0.15, 0.2) is 0 Å². The Morgan fingerprint density at radius 2 is 1.74 bits per heavy atom. The van der Waals surface area contributed by atoms with Crippen LogP contribution < -0.4 is 14.1 Å². The summed E-state index contributed by atoms with van der Waals surface area (Å²) in [5, 5.41) is 2.90. The van der Waals surface area contributed by atoms with E-state index in [2.05, 4.69) is 5.09 Å². The van der Waals surface area contributed by atoms with Crippen LogP contribution in [-0.4, -0.2) is 18.1 Å². The molecule has 0 spiro atoms. The van der Waals surface area contributed by atoms with Crippen LogP contribution in [0.2, 0.25) is 5.02 Å². The van der Waals surface area contributed by atoms with Gasteiger partial charge in [0.25, 0.3) is 0 Å². The van der Waals surface area contributed by atoms with Crippen LogP contribution in [0.25, 0.3) is 0 Å². The first-order chi connectivity index (χ1) is 12.7. The first-order valence-corrected chi connectivity index (χ1v) is 10.4. The van der Waals surface area contributed by atoms with Gasteiger partial charge in [-0.3, -0.25) is 4.79 Å². The molecule has 2 aromatic carbocycles. The molecule has 0 amide bonds. The Labute approximate surface area is 164 Å². The monoisotopic (exact) mass is 411 g/mol. The van der Waals surface area contributed by atoms with Gasteiger partial charge in [0, 0.05) is 0 Å². The Morgan fingerprint density at radius 3 is 2.33 bits per heavy atom. The second kappa shape index (κ2) is 9.27. The average molecular weight is 412 g/mol. The van der Waals surface area contributed by atoms with Crippen molar-refractivity contribution in [2.45, 2.75) is 39.8 Å². The van der Waals surface area contributed by atoms with Crippen molar-refractivity contribution in [3.63, 3.8) is 0 Å². The highest BCUT2D eigenvalue weighted by Crippen LogP contribution is 2.47. The van der Waals surface area contributed by atoms with Crippen molar-refractivity contribution in [2.75, 3.05) is 0 Å². The maximum atomic E-state index is 13.4. The summed E-state index contributed by atoms with van der Waals surface area (Å²) in [6.45, 7) is 6.85. The zero-order valence-corrected chi connectivity index (χ0v) is 17.3. The molecule has 6 nitrogen and oxygen atoms in total. The fraction of sp³-hybridized carbons (Fsp3) is 0.316. The number of rotatable bonds is 8. The molecule has 1 unspecified atom stereocenters. The number of para-hydroxylation sites is 1. The molecule has 0 heterocycles. The number of esters is 1. The number of carbonyl (C=O) groups is 1. The zero-order chi connectivity index (χ0) is 20.0. The van der Waals surface area contributed by atoms with Crippen LogP contribution >= 0.6 is 19.3 Å². The lowest BCUT2D eigenvalue weighted by Gasteiger charge is -2.24. The fourth-order valence-electron chi connectivity index (χ4n) is 2.13. The molecule has 0 saturated heterocycles. The summed E-state index contributed by atoms with van der Waals surface area (Å²) >= 11 is 6.19. The van der Waals surface area contributed by atoms with Gasteiger partial charge in [0.2, 0.25) is 0 Å². The molecular weight excluding hydrogens is 389 g/mol. The second-order valence-corrected chi connectivity index (χ2v) is 8.29. The van der Waals surface area contributed by atoms with Gasteiger partial charge >= 0.3 is 13.7 Å². The number of benzene rings is 2. The predicted molar refractivity (Wildman–Crippen MR) is 105 cm³/mol. The molecule has 27 heavy (non-hydrogen) atoms. The highest BCUT2D eigenvalue weighted by molar-refractivity contribution is 7.52. The molecule has 0 aliphatic carbocycles. The summed E-state index contributed by atoms with van der Waals surface area (Å²) in [5.41, 5.74) is 0.924. The number of carbonyl (C=O) groups excluding carboxylic acids is 1. The van der Waals surface area contributed by atoms with Crippen molar-refractivity contribution in [2.24, 2.45) is 0 Å². The van der Waals surface area contributed by atoms with Crippen LogP contribution in [0.4, 0.5) is 0 Å². The molecule has 0 aliphatic rings. The highest BCUT2D eigenvalue weighted by Gasteiger charge is 2.34. The Hall–Kier alpha value is -2.01. The van der Waals surface area contributed by atoms with E-state index in [9.17, 15) is 9.36 Å². The van der Waals surface area contributed by atoms with E-state index in [0.717, 1.165) is 5.56 Å². The third kappa shape index (κ3) is 6.58. The Bertz CT molecular complexity index is 828. The van der Waals surface area contributed by atoms with Crippen molar-refractivity contribution in [1.29, 1.82) is 0 Å². The van der Waals surface area contributed by atoms with Crippen molar-refractivity contribution >= 4 is 25.3 Å². The third-order valence-electron chi connectivity index (χ3n) is 3.33. The topological polar surface area (TPSA) is 73.9 Å². The van der Waals surface area contributed by atoms with Crippen molar-refractivity contribution in [3.05, 3.63) is 59.1 Å². The maximum Gasteiger partial charge on any atom is 0.513 e. The van der Waals surface area contributed by atoms with E-state index in [4.69, 9.17) is 25.4 Å². The first-order valence-electron chi connectivity index (χ1n) is 8.47. The largest absolute Gasteiger partial charge is 0.513 e. The normalized spacial score (nSPS) is 14.3.